The van der Waals surface area contributed by atoms with Crippen molar-refractivity contribution in [1.82, 2.24) is 15.3 Å². The Morgan fingerprint density at radius 2 is 2.00 bits per heavy atom. The standard InChI is InChI=1S/C20H14ClN3O2/c21-16-6-2-1-4-14(16)12-23-19(25)13-7-8-18-17(10-13)24-20(26-18)15-5-3-9-22-11-15/h1-11H,12H2,(H,23,25). The molecular weight excluding hydrogens is 350 g/mol. The van der Waals surface area contributed by atoms with Gasteiger partial charge >= 0.3 is 0 Å². The molecule has 0 aliphatic carbocycles. The van der Waals surface area contributed by atoms with Gasteiger partial charge in [0.15, 0.2) is 5.58 Å². The van der Waals surface area contributed by atoms with Crippen LogP contribution in [0.25, 0.3) is 22.6 Å². The molecule has 2 aromatic heterocycles. The maximum atomic E-state index is 12.4. The minimum atomic E-state index is -0.197. The molecule has 4 rings (SSSR count). The zero-order chi connectivity index (χ0) is 17.9. The van der Waals surface area contributed by atoms with Crippen molar-refractivity contribution in [2.45, 2.75) is 6.54 Å². The van der Waals surface area contributed by atoms with Gasteiger partial charge in [-0.05, 0) is 42.0 Å². The lowest BCUT2D eigenvalue weighted by atomic mass is 10.1. The second kappa shape index (κ2) is 6.98. The lowest BCUT2D eigenvalue weighted by molar-refractivity contribution is 0.0951. The van der Waals surface area contributed by atoms with Gasteiger partial charge in [0.25, 0.3) is 5.91 Å². The zero-order valence-electron chi connectivity index (χ0n) is 13.6. The van der Waals surface area contributed by atoms with E-state index in [1.807, 2.05) is 30.3 Å². The molecule has 0 atom stereocenters. The van der Waals surface area contributed by atoms with E-state index in [0.717, 1.165) is 11.1 Å². The Kier molecular flexibility index (Phi) is 4.37. The van der Waals surface area contributed by atoms with Gasteiger partial charge in [-0.15, -0.1) is 0 Å². The predicted molar refractivity (Wildman–Crippen MR) is 99.9 cm³/mol. The summed E-state index contributed by atoms with van der Waals surface area (Å²) in [6, 6.07) is 16.3. The smallest absolute Gasteiger partial charge is 0.251 e. The van der Waals surface area contributed by atoms with Crippen molar-refractivity contribution in [3.63, 3.8) is 0 Å². The fraction of sp³-hybridized carbons (Fsp3) is 0.0500. The third-order valence-corrected chi connectivity index (χ3v) is 4.32. The Bertz CT molecular complexity index is 1080. The van der Waals surface area contributed by atoms with Gasteiger partial charge in [-0.1, -0.05) is 29.8 Å². The van der Waals surface area contributed by atoms with E-state index in [9.17, 15) is 4.79 Å². The van der Waals surface area contributed by atoms with Gasteiger partial charge in [0.1, 0.15) is 5.52 Å². The van der Waals surface area contributed by atoms with E-state index in [4.69, 9.17) is 16.0 Å². The van der Waals surface area contributed by atoms with Crippen LogP contribution in [0, 0.1) is 0 Å². The number of oxazole rings is 1. The summed E-state index contributed by atoms with van der Waals surface area (Å²) in [7, 11) is 0. The van der Waals surface area contributed by atoms with Gasteiger partial charge < -0.3 is 9.73 Å². The molecule has 6 heteroatoms. The summed E-state index contributed by atoms with van der Waals surface area (Å²) < 4.78 is 5.73. The third kappa shape index (κ3) is 3.30. The summed E-state index contributed by atoms with van der Waals surface area (Å²) in [6.07, 6.45) is 3.37. The lowest BCUT2D eigenvalue weighted by Gasteiger charge is -2.06. The van der Waals surface area contributed by atoms with E-state index in [2.05, 4.69) is 15.3 Å². The molecule has 5 nitrogen and oxygen atoms in total. The average Bonchev–Trinajstić information content (AvgIpc) is 3.11. The van der Waals surface area contributed by atoms with Crippen LogP contribution in [0.5, 0.6) is 0 Å². The van der Waals surface area contributed by atoms with E-state index < -0.39 is 0 Å². The van der Waals surface area contributed by atoms with Crippen LogP contribution in [0.15, 0.2) is 71.4 Å². The van der Waals surface area contributed by atoms with Crippen molar-refractivity contribution >= 4 is 28.6 Å². The topological polar surface area (TPSA) is 68.0 Å². The van der Waals surface area contributed by atoms with Crippen LogP contribution in [0.4, 0.5) is 0 Å². The molecule has 4 aromatic rings. The molecule has 1 N–H and O–H groups in total. The van der Waals surface area contributed by atoms with Crippen molar-refractivity contribution in [2.24, 2.45) is 0 Å². The van der Waals surface area contributed by atoms with Crippen molar-refractivity contribution in [2.75, 3.05) is 0 Å². The van der Waals surface area contributed by atoms with Gasteiger partial charge in [-0.2, -0.15) is 0 Å². The summed E-state index contributed by atoms with van der Waals surface area (Å²) in [5, 5.41) is 3.49. The number of aromatic nitrogens is 2. The van der Waals surface area contributed by atoms with Gasteiger partial charge in [0.2, 0.25) is 5.89 Å². The number of hydrogen-bond acceptors (Lipinski definition) is 4. The summed E-state index contributed by atoms with van der Waals surface area (Å²) in [5.41, 5.74) is 3.40. The first kappa shape index (κ1) is 16.3. The normalized spacial score (nSPS) is 10.8. The SMILES string of the molecule is O=C(NCc1ccccc1Cl)c1ccc2oc(-c3cccnc3)nc2c1. The zero-order valence-corrected chi connectivity index (χ0v) is 14.4. The number of rotatable bonds is 4. The lowest BCUT2D eigenvalue weighted by Crippen LogP contribution is -2.22. The summed E-state index contributed by atoms with van der Waals surface area (Å²) >= 11 is 6.11. The number of halogens is 1. The van der Waals surface area contributed by atoms with Gasteiger partial charge in [0, 0.05) is 29.5 Å². The summed E-state index contributed by atoms with van der Waals surface area (Å²) in [6.45, 7) is 0.357. The van der Waals surface area contributed by atoms with Crippen molar-refractivity contribution in [1.29, 1.82) is 0 Å². The monoisotopic (exact) mass is 363 g/mol. The van der Waals surface area contributed by atoms with E-state index >= 15 is 0 Å². The van der Waals surface area contributed by atoms with Crippen molar-refractivity contribution < 1.29 is 9.21 Å². The van der Waals surface area contributed by atoms with Crippen LogP contribution < -0.4 is 5.32 Å². The minimum absolute atomic E-state index is 0.197. The fourth-order valence-electron chi connectivity index (χ4n) is 2.60. The van der Waals surface area contributed by atoms with Crippen LogP contribution in [-0.2, 0) is 6.54 Å². The van der Waals surface area contributed by atoms with E-state index in [0.29, 0.717) is 34.1 Å². The molecule has 0 aliphatic heterocycles. The van der Waals surface area contributed by atoms with Crippen LogP contribution in [0.3, 0.4) is 0 Å². The molecule has 128 valence electrons. The number of nitrogens with one attached hydrogen (secondary N) is 1. The highest BCUT2D eigenvalue weighted by Gasteiger charge is 2.12. The number of carbonyl (C=O) groups excluding carboxylic acids is 1. The van der Waals surface area contributed by atoms with Crippen molar-refractivity contribution in [3.05, 3.63) is 83.1 Å². The third-order valence-electron chi connectivity index (χ3n) is 3.96. The van der Waals surface area contributed by atoms with Gasteiger partial charge in [-0.25, -0.2) is 4.98 Å². The molecule has 0 unspecified atom stereocenters. The first-order valence-electron chi connectivity index (χ1n) is 8.03. The van der Waals surface area contributed by atoms with Crippen LogP contribution >= 0.6 is 11.6 Å². The molecular formula is C20H14ClN3O2. The molecule has 0 aliphatic rings. The molecule has 2 aromatic carbocycles. The van der Waals surface area contributed by atoms with Crippen molar-refractivity contribution in [3.8, 4) is 11.5 Å². The number of fused-ring (bicyclic) bond motifs is 1. The average molecular weight is 364 g/mol. The highest BCUT2D eigenvalue weighted by molar-refractivity contribution is 6.31. The van der Waals surface area contributed by atoms with Crippen LogP contribution in [0.1, 0.15) is 15.9 Å². The number of amides is 1. The van der Waals surface area contributed by atoms with E-state index in [1.54, 1.807) is 36.7 Å². The molecule has 26 heavy (non-hydrogen) atoms. The molecule has 0 spiro atoms. The Morgan fingerprint density at radius 3 is 2.81 bits per heavy atom. The quantitative estimate of drug-likeness (QED) is 0.580. The van der Waals surface area contributed by atoms with Crippen LogP contribution in [0.2, 0.25) is 5.02 Å². The van der Waals surface area contributed by atoms with E-state index in [-0.39, 0.29) is 5.91 Å². The molecule has 1 amide bonds. The Labute approximate surface area is 154 Å². The fourth-order valence-corrected chi connectivity index (χ4v) is 2.80. The summed E-state index contributed by atoms with van der Waals surface area (Å²) in [5.74, 6) is 0.277. The number of hydrogen-bond donors (Lipinski definition) is 1. The summed E-state index contributed by atoms with van der Waals surface area (Å²) in [4.78, 5) is 20.9. The number of nitrogens with zero attached hydrogens (tertiary/aromatic N) is 2. The maximum Gasteiger partial charge on any atom is 0.251 e. The molecule has 0 fully saturated rings. The molecule has 0 saturated carbocycles. The minimum Gasteiger partial charge on any atom is -0.436 e. The van der Waals surface area contributed by atoms with Crippen LogP contribution in [-0.4, -0.2) is 15.9 Å². The second-order valence-corrected chi connectivity index (χ2v) is 6.12. The number of carbonyl (C=O) groups is 1. The first-order chi connectivity index (χ1) is 12.7. The Hall–Kier alpha value is -3.18. The maximum absolute atomic E-state index is 12.4. The highest BCUT2D eigenvalue weighted by Crippen LogP contribution is 2.24. The van der Waals surface area contributed by atoms with Gasteiger partial charge in [0.05, 0.1) is 5.56 Å². The molecule has 2 heterocycles. The van der Waals surface area contributed by atoms with Gasteiger partial charge in [-0.3, -0.25) is 9.78 Å². The van der Waals surface area contributed by atoms with E-state index in [1.165, 1.54) is 0 Å². The number of benzene rings is 2. The highest BCUT2D eigenvalue weighted by atomic mass is 35.5. The molecule has 0 bridgehead atoms. The largest absolute Gasteiger partial charge is 0.436 e. The predicted octanol–water partition coefficient (Wildman–Crippen LogP) is 4.47. The Balaban J connectivity index is 1.55. The molecule has 0 saturated heterocycles. The first-order valence-corrected chi connectivity index (χ1v) is 8.41. The molecule has 0 radical (unpaired) electrons. The Morgan fingerprint density at radius 1 is 1.12 bits per heavy atom. The second-order valence-electron chi connectivity index (χ2n) is 5.72. The number of pyridine rings is 1.